The van der Waals surface area contributed by atoms with Crippen LogP contribution in [0.3, 0.4) is 0 Å². The van der Waals surface area contributed by atoms with Crippen molar-refractivity contribution in [3.05, 3.63) is 15.6 Å². The SMILES string of the molecule is C[C@@H](N)C(=O)N(C)Cc1nc2c(s1)CCCC2.Cl.Cl. The average molecular weight is 326 g/mol. The number of nitrogens with zero attached hydrogens (tertiary/aromatic N) is 2. The van der Waals surface area contributed by atoms with E-state index in [0.717, 1.165) is 17.8 Å². The van der Waals surface area contributed by atoms with Gasteiger partial charge >= 0.3 is 0 Å². The number of aryl methyl sites for hydroxylation is 2. The Hall–Kier alpha value is -0.360. The van der Waals surface area contributed by atoms with Crippen LogP contribution in [0, 0.1) is 0 Å². The lowest BCUT2D eigenvalue weighted by Crippen LogP contribution is -2.39. The summed E-state index contributed by atoms with van der Waals surface area (Å²) in [6.07, 6.45) is 4.75. The second-order valence-corrected chi connectivity index (χ2v) is 5.84. The summed E-state index contributed by atoms with van der Waals surface area (Å²) in [5.41, 5.74) is 6.83. The number of halogens is 2. The molecular weight excluding hydrogens is 305 g/mol. The molecule has 1 amide bonds. The van der Waals surface area contributed by atoms with Gasteiger partial charge in [-0.2, -0.15) is 0 Å². The monoisotopic (exact) mass is 325 g/mol. The van der Waals surface area contributed by atoms with Crippen molar-refractivity contribution in [2.75, 3.05) is 7.05 Å². The molecule has 0 bridgehead atoms. The maximum Gasteiger partial charge on any atom is 0.239 e. The van der Waals surface area contributed by atoms with Gasteiger partial charge in [-0.25, -0.2) is 4.98 Å². The molecule has 2 N–H and O–H groups in total. The van der Waals surface area contributed by atoms with Crippen LogP contribution in [0.25, 0.3) is 0 Å². The molecule has 1 aromatic rings. The Morgan fingerprint density at radius 2 is 2.05 bits per heavy atom. The highest BCUT2D eigenvalue weighted by Crippen LogP contribution is 2.27. The molecule has 4 nitrogen and oxygen atoms in total. The molecule has 1 aliphatic carbocycles. The molecule has 1 atom stereocenters. The average Bonchev–Trinajstić information content (AvgIpc) is 2.69. The number of likely N-dealkylation sites (N-methyl/N-ethyl adjacent to an activating group) is 1. The van der Waals surface area contributed by atoms with Crippen LogP contribution in [0.5, 0.6) is 0 Å². The summed E-state index contributed by atoms with van der Waals surface area (Å²) in [5, 5.41) is 1.04. The summed E-state index contributed by atoms with van der Waals surface area (Å²) >= 11 is 1.75. The lowest BCUT2D eigenvalue weighted by Gasteiger charge is -2.17. The molecule has 7 heteroatoms. The van der Waals surface area contributed by atoms with Gasteiger partial charge in [-0.05, 0) is 32.6 Å². The van der Waals surface area contributed by atoms with E-state index in [1.165, 1.54) is 23.4 Å². The van der Waals surface area contributed by atoms with Crippen LogP contribution in [0.4, 0.5) is 0 Å². The number of aromatic nitrogens is 1. The van der Waals surface area contributed by atoms with E-state index in [0.29, 0.717) is 6.54 Å². The zero-order valence-electron chi connectivity index (χ0n) is 11.2. The molecule has 0 saturated heterocycles. The fraction of sp³-hybridized carbons (Fsp3) is 0.667. The number of hydrogen-bond acceptors (Lipinski definition) is 4. The summed E-state index contributed by atoms with van der Waals surface area (Å²) in [6.45, 7) is 2.30. The van der Waals surface area contributed by atoms with Gasteiger partial charge in [0.2, 0.25) is 5.91 Å². The van der Waals surface area contributed by atoms with Crippen molar-refractivity contribution in [3.8, 4) is 0 Å². The van der Waals surface area contributed by atoms with Crippen LogP contribution in [-0.4, -0.2) is 28.9 Å². The van der Waals surface area contributed by atoms with E-state index in [1.807, 2.05) is 0 Å². The maximum atomic E-state index is 11.7. The van der Waals surface area contributed by atoms with Crippen LogP contribution in [-0.2, 0) is 24.2 Å². The molecular formula is C12H21Cl2N3OS. The first-order valence-corrected chi connectivity index (χ1v) is 6.87. The zero-order valence-corrected chi connectivity index (χ0v) is 13.7. The third kappa shape index (κ3) is 4.60. The first-order valence-electron chi connectivity index (χ1n) is 6.06. The van der Waals surface area contributed by atoms with Gasteiger partial charge in [0.25, 0.3) is 0 Å². The van der Waals surface area contributed by atoms with E-state index in [4.69, 9.17) is 5.73 Å². The molecule has 0 radical (unpaired) electrons. The summed E-state index contributed by atoms with van der Waals surface area (Å²) < 4.78 is 0. The minimum Gasteiger partial charge on any atom is -0.338 e. The first kappa shape index (κ1) is 18.6. The van der Waals surface area contributed by atoms with E-state index in [2.05, 4.69) is 4.98 Å². The lowest BCUT2D eigenvalue weighted by atomic mass is 10.0. The van der Waals surface area contributed by atoms with Crippen molar-refractivity contribution < 1.29 is 4.79 Å². The molecule has 0 unspecified atom stereocenters. The lowest BCUT2D eigenvalue weighted by molar-refractivity contribution is -0.131. The zero-order chi connectivity index (χ0) is 12.4. The van der Waals surface area contributed by atoms with E-state index in [-0.39, 0.29) is 30.7 Å². The summed E-state index contributed by atoms with van der Waals surface area (Å²) in [6, 6.07) is -0.436. The molecule has 19 heavy (non-hydrogen) atoms. The smallest absolute Gasteiger partial charge is 0.239 e. The van der Waals surface area contributed by atoms with Crippen molar-refractivity contribution in [1.29, 1.82) is 0 Å². The predicted octanol–water partition coefficient (Wildman–Crippen LogP) is 2.17. The van der Waals surface area contributed by atoms with Crippen LogP contribution in [0.2, 0.25) is 0 Å². The van der Waals surface area contributed by atoms with Crippen LogP contribution >= 0.6 is 36.2 Å². The normalized spacial score (nSPS) is 14.7. The Labute approximate surface area is 130 Å². The molecule has 0 saturated carbocycles. The van der Waals surface area contributed by atoms with Gasteiger partial charge in [-0.15, -0.1) is 36.2 Å². The highest BCUT2D eigenvalue weighted by atomic mass is 35.5. The molecule has 0 spiro atoms. The number of nitrogens with two attached hydrogens (primary N) is 1. The first-order chi connectivity index (χ1) is 8.08. The van der Waals surface area contributed by atoms with Gasteiger partial charge in [0.1, 0.15) is 5.01 Å². The van der Waals surface area contributed by atoms with E-state index in [9.17, 15) is 4.79 Å². The van der Waals surface area contributed by atoms with Crippen molar-refractivity contribution >= 4 is 42.1 Å². The number of amides is 1. The molecule has 1 aromatic heterocycles. The summed E-state index contributed by atoms with van der Waals surface area (Å²) in [5.74, 6) is -0.0295. The van der Waals surface area contributed by atoms with Gasteiger partial charge < -0.3 is 10.6 Å². The van der Waals surface area contributed by atoms with Gasteiger partial charge in [0.05, 0.1) is 18.3 Å². The summed E-state index contributed by atoms with van der Waals surface area (Å²) in [7, 11) is 1.78. The number of hydrogen-bond donors (Lipinski definition) is 1. The molecule has 0 aromatic carbocycles. The number of rotatable bonds is 3. The quantitative estimate of drug-likeness (QED) is 0.926. The molecule has 110 valence electrons. The maximum absolute atomic E-state index is 11.7. The van der Waals surface area contributed by atoms with Crippen LogP contribution in [0.1, 0.15) is 35.3 Å². The van der Waals surface area contributed by atoms with Crippen molar-refractivity contribution in [1.82, 2.24) is 9.88 Å². The van der Waals surface area contributed by atoms with E-state index < -0.39 is 6.04 Å². The third-order valence-corrected chi connectivity index (χ3v) is 4.17. The van der Waals surface area contributed by atoms with Gasteiger partial charge in [-0.1, -0.05) is 0 Å². The molecule has 1 aliphatic rings. The number of carbonyl (C=O) groups excluding carboxylic acids is 1. The van der Waals surface area contributed by atoms with Gasteiger partial charge in [-0.3, -0.25) is 4.79 Å². The molecule has 2 rings (SSSR count). The minimum atomic E-state index is -0.436. The predicted molar refractivity (Wildman–Crippen MR) is 83.4 cm³/mol. The van der Waals surface area contributed by atoms with Crippen molar-refractivity contribution in [3.63, 3.8) is 0 Å². The second kappa shape index (κ2) is 8.04. The largest absolute Gasteiger partial charge is 0.338 e. The molecule has 0 fully saturated rings. The van der Waals surface area contributed by atoms with Gasteiger partial charge in [0.15, 0.2) is 0 Å². The van der Waals surface area contributed by atoms with Crippen molar-refractivity contribution in [2.24, 2.45) is 5.73 Å². The molecule has 1 heterocycles. The van der Waals surface area contributed by atoms with E-state index >= 15 is 0 Å². The Balaban J connectivity index is 0.00000162. The molecule has 0 aliphatic heterocycles. The third-order valence-electron chi connectivity index (χ3n) is 3.03. The fourth-order valence-corrected chi connectivity index (χ4v) is 3.31. The highest BCUT2D eigenvalue weighted by Gasteiger charge is 2.18. The topological polar surface area (TPSA) is 59.2 Å². The Morgan fingerprint density at radius 1 is 1.42 bits per heavy atom. The number of fused-ring (bicyclic) bond motifs is 1. The Morgan fingerprint density at radius 3 is 2.63 bits per heavy atom. The van der Waals surface area contributed by atoms with Crippen LogP contribution in [0.15, 0.2) is 0 Å². The Kier molecular flexibility index (Phi) is 7.89. The number of thiazole rings is 1. The minimum absolute atomic E-state index is 0. The van der Waals surface area contributed by atoms with Crippen molar-refractivity contribution in [2.45, 2.75) is 45.2 Å². The van der Waals surface area contributed by atoms with E-state index in [1.54, 1.807) is 30.2 Å². The van der Waals surface area contributed by atoms with Crippen LogP contribution < -0.4 is 5.73 Å². The summed E-state index contributed by atoms with van der Waals surface area (Å²) in [4.78, 5) is 19.4. The fourth-order valence-electron chi connectivity index (χ4n) is 2.10. The van der Waals surface area contributed by atoms with Gasteiger partial charge in [0, 0.05) is 11.9 Å². The Bertz CT molecular complexity index is 400. The highest BCUT2D eigenvalue weighted by molar-refractivity contribution is 7.11. The standard InChI is InChI=1S/C12H19N3OS.2ClH/c1-8(13)12(16)15(2)7-11-14-9-5-3-4-6-10(9)17-11;;/h8H,3-7,13H2,1-2H3;2*1H/t8-;;/m1../s1. The second-order valence-electron chi connectivity index (χ2n) is 4.67. The number of carbonyl (C=O) groups is 1.